The fourth-order valence-electron chi connectivity index (χ4n) is 2.72. The van der Waals surface area contributed by atoms with Crippen LogP contribution < -0.4 is 0 Å². The summed E-state index contributed by atoms with van der Waals surface area (Å²) in [4.78, 5) is 6.98. The molecule has 5 nitrogen and oxygen atoms in total. The molecule has 1 atom stereocenters. The van der Waals surface area contributed by atoms with E-state index in [-0.39, 0.29) is 0 Å². The van der Waals surface area contributed by atoms with Crippen LogP contribution in [0.25, 0.3) is 0 Å². The molecule has 2 aliphatic rings. The lowest BCUT2D eigenvalue weighted by molar-refractivity contribution is 0.0908. The summed E-state index contributed by atoms with van der Waals surface area (Å²) in [6.07, 6.45) is 5.04. The summed E-state index contributed by atoms with van der Waals surface area (Å²) < 4.78 is 11.1. The van der Waals surface area contributed by atoms with Crippen molar-refractivity contribution in [2.75, 3.05) is 26.3 Å². The third kappa shape index (κ3) is 3.38. The minimum absolute atomic E-state index is 0.299. The first kappa shape index (κ1) is 14.0. The SMILES string of the molecule is CC(C)c1nc([C@@H]2CCCN2CCOCC2CC2)no1. The molecule has 2 fully saturated rings. The van der Waals surface area contributed by atoms with Crippen molar-refractivity contribution in [1.29, 1.82) is 0 Å². The molecule has 2 heterocycles. The zero-order chi connectivity index (χ0) is 13.9. The highest BCUT2D eigenvalue weighted by atomic mass is 16.5. The smallest absolute Gasteiger partial charge is 0.229 e. The lowest BCUT2D eigenvalue weighted by atomic mass is 10.2. The first-order valence-corrected chi connectivity index (χ1v) is 7.89. The van der Waals surface area contributed by atoms with Crippen LogP contribution in [-0.2, 0) is 4.74 Å². The molecule has 112 valence electrons. The second-order valence-electron chi connectivity index (χ2n) is 6.36. The van der Waals surface area contributed by atoms with Crippen molar-refractivity contribution in [1.82, 2.24) is 15.0 Å². The molecular weight excluding hydrogens is 254 g/mol. The van der Waals surface area contributed by atoms with E-state index < -0.39 is 0 Å². The summed E-state index contributed by atoms with van der Waals surface area (Å²) in [5, 5.41) is 4.17. The molecule has 0 aromatic carbocycles. The number of hydrogen-bond acceptors (Lipinski definition) is 5. The van der Waals surface area contributed by atoms with Crippen LogP contribution in [0.5, 0.6) is 0 Å². The molecule has 1 saturated heterocycles. The summed E-state index contributed by atoms with van der Waals surface area (Å²) in [5.74, 6) is 2.74. The Balaban J connectivity index is 1.50. The Morgan fingerprint density at radius 2 is 2.20 bits per heavy atom. The maximum Gasteiger partial charge on any atom is 0.229 e. The minimum Gasteiger partial charge on any atom is -0.380 e. The fourth-order valence-corrected chi connectivity index (χ4v) is 2.72. The molecule has 3 rings (SSSR count). The molecule has 0 radical (unpaired) electrons. The molecule has 0 spiro atoms. The van der Waals surface area contributed by atoms with Crippen LogP contribution in [-0.4, -0.2) is 41.3 Å². The third-order valence-corrected chi connectivity index (χ3v) is 4.19. The quantitative estimate of drug-likeness (QED) is 0.718. The van der Waals surface area contributed by atoms with Gasteiger partial charge in [-0.3, -0.25) is 4.90 Å². The van der Waals surface area contributed by atoms with Crippen molar-refractivity contribution >= 4 is 0 Å². The van der Waals surface area contributed by atoms with Gasteiger partial charge >= 0.3 is 0 Å². The van der Waals surface area contributed by atoms with Gasteiger partial charge in [-0.2, -0.15) is 4.98 Å². The van der Waals surface area contributed by atoms with Crippen LogP contribution in [0.3, 0.4) is 0 Å². The minimum atomic E-state index is 0.299. The van der Waals surface area contributed by atoms with Gasteiger partial charge in [0.1, 0.15) is 0 Å². The number of aromatic nitrogens is 2. The van der Waals surface area contributed by atoms with Gasteiger partial charge in [0.25, 0.3) is 0 Å². The molecule has 0 amide bonds. The van der Waals surface area contributed by atoms with Gasteiger partial charge in [-0.1, -0.05) is 19.0 Å². The Morgan fingerprint density at radius 3 is 2.90 bits per heavy atom. The van der Waals surface area contributed by atoms with E-state index in [0.29, 0.717) is 12.0 Å². The van der Waals surface area contributed by atoms with E-state index in [1.807, 2.05) is 0 Å². The van der Waals surface area contributed by atoms with Crippen molar-refractivity contribution in [3.63, 3.8) is 0 Å². The third-order valence-electron chi connectivity index (χ3n) is 4.19. The highest BCUT2D eigenvalue weighted by Gasteiger charge is 2.30. The summed E-state index contributed by atoms with van der Waals surface area (Å²) in [7, 11) is 0. The lowest BCUT2D eigenvalue weighted by Crippen LogP contribution is -2.28. The first-order chi connectivity index (χ1) is 9.74. The number of ether oxygens (including phenoxy) is 1. The maximum absolute atomic E-state index is 5.74. The normalized spacial score (nSPS) is 23.9. The number of nitrogens with zero attached hydrogens (tertiary/aromatic N) is 3. The Labute approximate surface area is 120 Å². The van der Waals surface area contributed by atoms with Gasteiger partial charge in [0.05, 0.1) is 12.6 Å². The fraction of sp³-hybridized carbons (Fsp3) is 0.867. The molecule has 1 aliphatic heterocycles. The van der Waals surface area contributed by atoms with Gasteiger partial charge in [-0.15, -0.1) is 0 Å². The average Bonchev–Trinajstić information content (AvgIpc) is 2.93. The van der Waals surface area contributed by atoms with Crippen molar-refractivity contribution < 1.29 is 9.26 Å². The van der Waals surface area contributed by atoms with Crippen LogP contribution in [0.15, 0.2) is 4.52 Å². The number of hydrogen-bond donors (Lipinski definition) is 0. The average molecular weight is 279 g/mol. The molecule has 0 unspecified atom stereocenters. The van der Waals surface area contributed by atoms with E-state index >= 15 is 0 Å². The van der Waals surface area contributed by atoms with Crippen LogP contribution in [0.1, 0.15) is 63.2 Å². The Hall–Kier alpha value is -0.940. The zero-order valence-corrected chi connectivity index (χ0v) is 12.5. The monoisotopic (exact) mass is 279 g/mol. The van der Waals surface area contributed by atoms with E-state index in [9.17, 15) is 0 Å². The second-order valence-corrected chi connectivity index (χ2v) is 6.36. The second kappa shape index (κ2) is 6.22. The molecule has 1 saturated carbocycles. The topological polar surface area (TPSA) is 51.4 Å². The van der Waals surface area contributed by atoms with E-state index in [4.69, 9.17) is 9.26 Å². The molecule has 5 heteroatoms. The van der Waals surface area contributed by atoms with Gasteiger partial charge < -0.3 is 9.26 Å². The highest BCUT2D eigenvalue weighted by Crippen LogP contribution is 2.31. The molecule has 1 aromatic heterocycles. The van der Waals surface area contributed by atoms with Crippen molar-refractivity contribution in [3.05, 3.63) is 11.7 Å². The van der Waals surface area contributed by atoms with Gasteiger partial charge in [-0.25, -0.2) is 0 Å². The van der Waals surface area contributed by atoms with E-state index in [2.05, 4.69) is 28.9 Å². The van der Waals surface area contributed by atoms with E-state index in [0.717, 1.165) is 50.4 Å². The lowest BCUT2D eigenvalue weighted by Gasteiger charge is -2.21. The van der Waals surface area contributed by atoms with E-state index in [1.165, 1.54) is 19.3 Å². The van der Waals surface area contributed by atoms with Crippen molar-refractivity contribution in [2.24, 2.45) is 5.92 Å². The van der Waals surface area contributed by atoms with Crippen LogP contribution in [0, 0.1) is 5.92 Å². The van der Waals surface area contributed by atoms with Gasteiger partial charge in [-0.05, 0) is 38.1 Å². The maximum atomic E-state index is 5.74. The molecule has 20 heavy (non-hydrogen) atoms. The van der Waals surface area contributed by atoms with Gasteiger partial charge in [0.2, 0.25) is 5.89 Å². The molecule has 0 N–H and O–H groups in total. The highest BCUT2D eigenvalue weighted by molar-refractivity contribution is 4.99. The van der Waals surface area contributed by atoms with Crippen LogP contribution in [0.4, 0.5) is 0 Å². The largest absolute Gasteiger partial charge is 0.380 e. The number of rotatable bonds is 7. The number of likely N-dealkylation sites (tertiary alicyclic amines) is 1. The van der Waals surface area contributed by atoms with Crippen molar-refractivity contribution in [3.8, 4) is 0 Å². The van der Waals surface area contributed by atoms with Crippen LogP contribution >= 0.6 is 0 Å². The molecule has 0 bridgehead atoms. The predicted molar refractivity (Wildman–Crippen MR) is 75.5 cm³/mol. The first-order valence-electron chi connectivity index (χ1n) is 7.89. The summed E-state index contributed by atoms with van der Waals surface area (Å²) in [6, 6.07) is 0.316. The molecule has 1 aromatic rings. The van der Waals surface area contributed by atoms with Gasteiger partial charge in [0.15, 0.2) is 5.82 Å². The Kier molecular flexibility index (Phi) is 4.36. The van der Waals surface area contributed by atoms with Crippen molar-refractivity contribution in [2.45, 2.75) is 51.5 Å². The molecular formula is C15H25N3O2. The van der Waals surface area contributed by atoms with Crippen LogP contribution in [0.2, 0.25) is 0 Å². The van der Waals surface area contributed by atoms with Gasteiger partial charge in [0, 0.05) is 19.1 Å². The Bertz CT molecular complexity index is 429. The molecule has 1 aliphatic carbocycles. The predicted octanol–water partition coefficient (Wildman–Crippen LogP) is 2.76. The standard InChI is InChI=1S/C15H25N3O2/c1-11(2)15-16-14(17-20-15)13-4-3-7-18(13)8-9-19-10-12-5-6-12/h11-13H,3-10H2,1-2H3/t13-/m0/s1. The summed E-state index contributed by atoms with van der Waals surface area (Å²) in [5.41, 5.74) is 0. The summed E-state index contributed by atoms with van der Waals surface area (Å²) >= 11 is 0. The summed E-state index contributed by atoms with van der Waals surface area (Å²) in [6.45, 7) is 8.01. The zero-order valence-electron chi connectivity index (χ0n) is 12.5. The Morgan fingerprint density at radius 1 is 1.35 bits per heavy atom. The van der Waals surface area contributed by atoms with E-state index in [1.54, 1.807) is 0 Å².